The molecule has 0 aliphatic carbocycles. The number of ether oxygens (including phenoxy) is 2. The van der Waals surface area contributed by atoms with Crippen LogP contribution in [-0.2, 0) is 0 Å². The van der Waals surface area contributed by atoms with Crippen LogP contribution < -0.4 is 14.8 Å². The molecule has 1 aliphatic rings. The van der Waals surface area contributed by atoms with E-state index in [-0.39, 0.29) is 17.8 Å². The third kappa shape index (κ3) is 2.98. The molecule has 2 atom stereocenters. The Morgan fingerprint density at radius 2 is 2.04 bits per heavy atom. The number of para-hydroxylation sites is 1. The lowest BCUT2D eigenvalue weighted by atomic mass is 9.92. The molecule has 1 N–H and O–H groups in total. The van der Waals surface area contributed by atoms with Crippen molar-refractivity contribution >= 4 is 11.6 Å². The van der Waals surface area contributed by atoms with Crippen molar-refractivity contribution < 1.29 is 14.4 Å². The molecule has 2 heterocycles. The van der Waals surface area contributed by atoms with Gasteiger partial charge in [-0.15, -0.1) is 0 Å². The molecule has 2 unspecified atom stereocenters. The molecule has 0 bridgehead atoms. The van der Waals surface area contributed by atoms with E-state index in [9.17, 15) is 10.1 Å². The Morgan fingerprint density at radius 3 is 2.79 bits per heavy atom. The zero-order valence-electron chi connectivity index (χ0n) is 15.3. The minimum Gasteiger partial charge on any atom is -0.493 e. The first kappa shape index (κ1) is 17.7. The normalized spacial score (nSPS) is 18.1. The van der Waals surface area contributed by atoms with Crippen LogP contribution in [0.25, 0.3) is 0 Å². The molecular formula is C18H18N6O4. The second-order valence-electron chi connectivity index (χ2n) is 6.33. The van der Waals surface area contributed by atoms with Gasteiger partial charge in [0.15, 0.2) is 11.5 Å². The van der Waals surface area contributed by atoms with E-state index in [1.807, 2.05) is 24.3 Å². The van der Waals surface area contributed by atoms with E-state index in [0.29, 0.717) is 23.9 Å². The molecule has 0 saturated heterocycles. The van der Waals surface area contributed by atoms with Gasteiger partial charge in [-0.2, -0.15) is 0 Å². The molecule has 10 heteroatoms. The Labute approximate surface area is 160 Å². The summed E-state index contributed by atoms with van der Waals surface area (Å²) in [6, 6.07) is 11.8. The topological polar surface area (TPSA) is 117 Å². The summed E-state index contributed by atoms with van der Waals surface area (Å²) in [7, 11) is 3.17. The fraction of sp³-hybridized carbons (Fsp3) is 0.278. The first-order valence-corrected chi connectivity index (χ1v) is 8.62. The molecule has 1 aromatic heterocycles. The molecule has 4 rings (SSSR count). The summed E-state index contributed by atoms with van der Waals surface area (Å²) in [6.07, 6.45) is 0.572. The number of tetrazole rings is 1. The molecule has 144 valence electrons. The predicted octanol–water partition coefficient (Wildman–Crippen LogP) is 2.74. The van der Waals surface area contributed by atoms with E-state index in [1.165, 1.54) is 6.07 Å². The highest BCUT2D eigenvalue weighted by Gasteiger charge is 2.33. The fourth-order valence-electron chi connectivity index (χ4n) is 3.54. The quantitative estimate of drug-likeness (QED) is 0.529. The lowest BCUT2D eigenvalue weighted by Gasteiger charge is -2.31. The predicted molar refractivity (Wildman–Crippen MR) is 99.6 cm³/mol. The Morgan fingerprint density at radius 1 is 1.21 bits per heavy atom. The van der Waals surface area contributed by atoms with Crippen LogP contribution in [0.5, 0.6) is 11.5 Å². The van der Waals surface area contributed by atoms with E-state index < -0.39 is 4.92 Å². The van der Waals surface area contributed by atoms with Gasteiger partial charge in [-0.05, 0) is 28.5 Å². The highest BCUT2D eigenvalue weighted by molar-refractivity contribution is 5.50. The van der Waals surface area contributed by atoms with Gasteiger partial charge in [0.1, 0.15) is 0 Å². The lowest BCUT2D eigenvalue weighted by molar-refractivity contribution is -0.384. The van der Waals surface area contributed by atoms with Gasteiger partial charge in [0.2, 0.25) is 5.95 Å². The van der Waals surface area contributed by atoms with Crippen LogP contribution in [-0.4, -0.2) is 39.4 Å². The number of nitrogens with one attached hydrogen (secondary N) is 1. The highest BCUT2D eigenvalue weighted by Crippen LogP contribution is 2.43. The van der Waals surface area contributed by atoms with Crippen molar-refractivity contribution in [3.63, 3.8) is 0 Å². The third-order valence-electron chi connectivity index (χ3n) is 4.83. The average molecular weight is 382 g/mol. The summed E-state index contributed by atoms with van der Waals surface area (Å²) in [4.78, 5) is 10.7. The number of nitro benzene ring substituents is 1. The summed E-state index contributed by atoms with van der Waals surface area (Å²) >= 11 is 0. The number of non-ortho nitro benzene ring substituents is 1. The van der Waals surface area contributed by atoms with Crippen LogP contribution in [0.2, 0.25) is 0 Å². The number of benzene rings is 2. The molecule has 0 spiro atoms. The van der Waals surface area contributed by atoms with Crippen molar-refractivity contribution in [1.29, 1.82) is 0 Å². The number of aromatic nitrogens is 4. The summed E-state index contributed by atoms with van der Waals surface area (Å²) in [6.45, 7) is 0. The number of hydrogen-bond acceptors (Lipinski definition) is 8. The van der Waals surface area contributed by atoms with Crippen molar-refractivity contribution in [1.82, 2.24) is 20.2 Å². The number of nitrogens with zero attached hydrogens (tertiary/aromatic N) is 5. The maximum absolute atomic E-state index is 11.2. The molecule has 28 heavy (non-hydrogen) atoms. The van der Waals surface area contributed by atoms with E-state index in [0.717, 1.165) is 11.1 Å². The standard InChI is InChI=1S/C18H18N6O4/c1-27-16-8-4-7-13(17(16)28-2)15-10-14(19-18-20-21-22-23(15)18)11-5-3-6-12(9-11)24(25)26/h3-9,14-15H,10H2,1-2H3,(H,19,20,22). The smallest absolute Gasteiger partial charge is 0.269 e. The second kappa shape index (κ2) is 7.14. The van der Waals surface area contributed by atoms with Crippen molar-refractivity contribution in [3.05, 3.63) is 63.7 Å². The zero-order valence-corrected chi connectivity index (χ0v) is 15.3. The number of methoxy groups -OCH3 is 2. The van der Waals surface area contributed by atoms with Crippen LogP contribution in [0.1, 0.15) is 29.6 Å². The minimum absolute atomic E-state index is 0.0416. The number of anilines is 1. The van der Waals surface area contributed by atoms with Crippen LogP contribution >= 0.6 is 0 Å². The van der Waals surface area contributed by atoms with Gasteiger partial charge >= 0.3 is 0 Å². The van der Waals surface area contributed by atoms with Crippen LogP contribution in [0.3, 0.4) is 0 Å². The summed E-state index contributed by atoms with van der Waals surface area (Å²) in [5.74, 6) is 1.70. The molecule has 10 nitrogen and oxygen atoms in total. The third-order valence-corrected chi connectivity index (χ3v) is 4.83. The molecule has 1 aliphatic heterocycles. The molecule has 3 aromatic rings. The largest absolute Gasteiger partial charge is 0.493 e. The molecule has 0 saturated carbocycles. The molecule has 0 radical (unpaired) electrons. The minimum atomic E-state index is -0.404. The Bertz CT molecular complexity index is 1020. The number of hydrogen-bond donors (Lipinski definition) is 1. The Hall–Kier alpha value is -3.69. The van der Waals surface area contributed by atoms with Crippen molar-refractivity contribution in [3.8, 4) is 11.5 Å². The average Bonchev–Trinajstić information content (AvgIpc) is 3.21. The van der Waals surface area contributed by atoms with E-state index >= 15 is 0 Å². The number of fused-ring (bicyclic) bond motifs is 1. The SMILES string of the molecule is COc1cccc(C2CC(c3cccc([N+](=O)[O-])c3)Nc3nnnn32)c1OC. The maximum Gasteiger partial charge on any atom is 0.269 e. The van der Waals surface area contributed by atoms with Crippen LogP contribution in [0, 0.1) is 10.1 Å². The highest BCUT2D eigenvalue weighted by atomic mass is 16.6. The maximum atomic E-state index is 11.2. The van der Waals surface area contributed by atoms with Gasteiger partial charge in [0, 0.05) is 17.7 Å². The number of rotatable bonds is 5. The molecule has 2 aromatic carbocycles. The van der Waals surface area contributed by atoms with Crippen molar-refractivity contribution in [2.75, 3.05) is 19.5 Å². The van der Waals surface area contributed by atoms with Gasteiger partial charge in [-0.25, -0.2) is 4.68 Å². The molecule has 0 fully saturated rings. The van der Waals surface area contributed by atoms with Crippen LogP contribution in [0.15, 0.2) is 42.5 Å². The van der Waals surface area contributed by atoms with Crippen molar-refractivity contribution in [2.24, 2.45) is 0 Å². The lowest BCUT2D eigenvalue weighted by Crippen LogP contribution is -2.28. The fourth-order valence-corrected chi connectivity index (χ4v) is 3.54. The zero-order chi connectivity index (χ0) is 19.7. The summed E-state index contributed by atoms with van der Waals surface area (Å²) < 4.78 is 12.7. The first-order valence-electron chi connectivity index (χ1n) is 8.62. The van der Waals surface area contributed by atoms with Gasteiger partial charge in [-0.3, -0.25) is 10.1 Å². The van der Waals surface area contributed by atoms with E-state index in [4.69, 9.17) is 9.47 Å². The summed E-state index contributed by atoms with van der Waals surface area (Å²) in [5, 5.41) is 26.3. The van der Waals surface area contributed by atoms with Gasteiger partial charge in [0.05, 0.1) is 31.2 Å². The van der Waals surface area contributed by atoms with Gasteiger partial charge in [-0.1, -0.05) is 29.4 Å². The first-order chi connectivity index (χ1) is 13.6. The Kier molecular flexibility index (Phi) is 4.52. The van der Waals surface area contributed by atoms with E-state index in [2.05, 4.69) is 20.8 Å². The van der Waals surface area contributed by atoms with Gasteiger partial charge in [0.25, 0.3) is 5.69 Å². The van der Waals surface area contributed by atoms with Crippen LogP contribution in [0.4, 0.5) is 11.6 Å². The monoisotopic (exact) mass is 382 g/mol. The second-order valence-corrected chi connectivity index (χ2v) is 6.33. The Balaban J connectivity index is 1.78. The van der Waals surface area contributed by atoms with Crippen molar-refractivity contribution in [2.45, 2.75) is 18.5 Å². The molecular weight excluding hydrogens is 364 g/mol. The van der Waals surface area contributed by atoms with E-state index in [1.54, 1.807) is 31.0 Å². The van der Waals surface area contributed by atoms with Gasteiger partial charge < -0.3 is 14.8 Å². The summed E-state index contributed by atoms with van der Waals surface area (Å²) in [5.41, 5.74) is 1.70. The number of nitro groups is 1. The molecule has 0 amide bonds.